The summed E-state index contributed by atoms with van der Waals surface area (Å²) in [5, 5.41) is 0. The predicted octanol–water partition coefficient (Wildman–Crippen LogP) is 2.36. The van der Waals surface area contributed by atoms with Crippen molar-refractivity contribution in [1.29, 1.82) is 0 Å². The van der Waals surface area contributed by atoms with Crippen LogP contribution in [0.25, 0.3) is 0 Å². The van der Waals surface area contributed by atoms with E-state index in [-0.39, 0.29) is 17.9 Å². The summed E-state index contributed by atoms with van der Waals surface area (Å²) in [6, 6.07) is 1.96. The second-order valence-electron chi connectivity index (χ2n) is 6.67. The largest absolute Gasteiger partial charge is 0.376 e. The number of hydrazine groups is 1. The number of aryl methyl sites for hydroxylation is 2. The van der Waals surface area contributed by atoms with Gasteiger partial charge in [0, 0.05) is 11.5 Å². The Hall–Kier alpha value is -1.44. The molecule has 138 valence electrons. The molecule has 0 bridgehead atoms. The zero-order chi connectivity index (χ0) is 17.6. The smallest absolute Gasteiger partial charge is 0.279 e. The van der Waals surface area contributed by atoms with Gasteiger partial charge in [0.15, 0.2) is 0 Å². The van der Waals surface area contributed by atoms with Gasteiger partial charge in [-0.25, -0.2) is 0 Å². The van der Waals surface area contributed by atoms with Crippen molar-refractivity contribution < 1.29 is 19.1 Å². The number of nitrogens with one attached hydrogen (secondary N) is 2. The number of carbonyl (C=O) groups excluding carboxylic acids is 2. The van der Waals surface area contributed by atoms with E-state index in [1.54, 1.807) is 6.92 Å². The minimum Gasteiger partial charge on any atom is -0.376 e. The van der Waals surface area contributed by atoms with Crippen molar-refractivity contribution in [3.8, 4) is 0 Å². The molecule has 0 radical (unpaired) electrons. The lowest BCUT2D eigenvalue weighted by molar-refractivity contribution is -0.134. The quantitative estimate of drug-likeness (QED) is 0.620. The van der Waals surface area contributed by atoms with Crippen LogP contribution in [0.15, 0.2) is 6.07 Å². The van der Waals surface area contributed by atoms with Crippen LogP contribution in [-0.4, -0.2) is 37.2 Å². The van der Waals surface area contributed by atoms with Crippen LogP contribution in [0, 0.1) is 0 Å². The first-order valence-electron chi connectivity index (χ1n) is 9.08. The molecule has 2 atom stereocenters. The molecule has 1 saturated heterocycles. The highest BCUT2D eigenvalue weighted by Crippen LogP contribution is 2.28. The molecular weight excluding hydrogens is 340 g/mol. The number of fused-ring (bicyclic) bond motifs is 1. The molecule has 2 amide bonds. The Labute approximate surface area is 152 Å². The van der Waals surface area contributed by atoms with E-state index in [0.29, 0.717) is 11.5 Å². The standard InChI is InChI=1S/C18H26N2O4S/c1-12(24-11-14-7-5-9-23-14)17(21)19-20-18(22)16-10-13-6-3-2-4-8-15(13)25-16/h10,12,14H,2-9,11H2,1H3,(H,19,21)(H,20,22). The number of hydrogen-bond acceptors (Lipinski definition) is 5. The molecule has 2 N–H and O–H groups in total. The fraction of sp³-hybridized carbons (Fsp3) is 0.667. The van der Waals surface area contributed by atoms with Gasteiger partial charge in [-0.2, -0.15) is 0 Å². The maximum Gasteiger partial charge on any atom is 0.279 e. The predicted molar refractivity (Wildman–Crippen MR) is 95.6 cm³/mol. The maximum absolute atomic E-state index is 12.3. The van der Waals surface area contributed by atoms with Crippen molar-refractivity contribution in [1.82, 2.24) is 10.9 Å². The van der Waals surface area contributed by atoms with Crippen molar-refractivity contribution in [3.63, 3.8) is 0 Å². The van der Waals surface area contributed by atoms with Crippen molar-refractivity contribution in [2.24, 2.45) is 0 Å². The lowest BCUT2D eigenvalue weighted by atomic mass is 10.1. The molecule has 0 spiro atoms. The first-order valence-corrected chi connectivity index (χ1v) is 9.90. The Morgan fingerprint density at radius 1 is 1.28 bits per heavy atom. The summed E-state index contributed by atoms with van der Waals surface area (Å²) in [6.07, 6.45) is 7.15. The van der Waals surface area contributed by atoms with Crippen LogP contribution in [0.5, 0.6) is 0 Å². The van der Waals surface area contributed by atoms with E-state index < -0.39 is 6.10 Å². The van der Waals surface area contributed by atoms with Gasteiger partial charge in [0.25, 0.3) is 11.8 Å². The Morgan fingerprint density at radius 3 is 2.92 bits per heavy atom. The molecule has 3 rings (SSSR count). The third kappa shape index (κ3) is 5.03. The summed E-state index contributed by atoms with van der Waals surface area (Å²) in [7, 11) is 0. The van der Waals surface area contributed by atoms with E-state index in [9.17, 15) is 9.59 Å². The highest BCUT2D eigenvalue weighted by molar-refractivity contribution is 7.14. The number of carbonyl (C=O) groups is 2. The minimum atomic E-state index is -0.635. The highest BCUT2D eigenvalue weighted by Gasteiger charge is 2.21. The number of thiophene rings is 1. The Bertz CT molecular complexity index is 587. The fourth-order valence-corrected chi connectivity index (χ4v) is 4.31. The van der Waals surface area contributed by atoms with E-state index in [0.717, 1.165) is 32.3 Å². The molecule has 7 heteroatoms. The normalized spacial score (nSPS) is 21.2. The molecule has 1 aliphatic heterocycles. The van der Waals surface area contributed by atoms with E-state index >= 15 is 0 Å². The van der Waals surface area contributed by atoms with Crippen molar-refractivity contribution in [3.05, 3.63) is 21.4 Å². The number of ether oxygens (including phenoxy) is 2. The van der Waals surface area contributed by atoms with Crippen LogP contribution in [-0.2, 0) is 27.1 Å². The first kappa shape index (κ1) is 18.4. The second kappa shape index (κ2) is 8.78. The number of amides is 2. The Kier molecular flexibility index (Phi) is 6.45. The third-order valence-corrected chi connectivity index (χ3v) is 5.93. The molecule has 2 heterocycles. The summed E-state index contributed by atoms with van der Waals surface area (Å²) in [5.41, 5.74) is 6.23. The molecule has 1 fully saturated rings. The van der Waals surface area contributed by atoms with Gasteiger partial charge in [-0.05, 0) is 57.1 Å². The Morgan fingerprint density at radius 2 is 2.12 bits per heavy atom. The molecule has 2 aliphatic rings. The summed E-state index contributed by atoms with van der Waals surface area (Å²) >= 11 is 1.53. The van der Waals surface area contributed by atoms with Gasteiger partial charge >= 0.3 is 0 Å². The summed E-state index contributed by atoms with van der Waals surface area (Å²) in [6.45, 7) is 2.83. The highest BCUT2D eigenvalue weighted by atomic mass is 32.1. The fourth-order valence-electron chi connectivity index (χ4n) is 3.16. The lowest BCUT2D eigenvalue weighted by Crippen LogP contribution is -2.46. The van der Waals surface area contributed by atoms with Gasteiger partial charge in [0.2, 0.25) is 0 Å². The average Bonchev–Trinajstić information content (AvgIpc) is 3.23. The van der Waals surface area contributed by atoms with Crippen molar-refractivity contribution in [2.75, 3.05) is 13.2 Å². The summed E-state index contributed by atoms with van der Waals surface area (Å²) in [4.78, 5) is 26.3. The SMILES string of the molecule is CC(OCC1CCCO1)C(=O)NNC(=O)c1cc2c(s1)CCCCC2. The van der Waals surface area contributed by atoms with Crippen LogP contribution in [0.2, 0.25) is 0 Å². The van der Waals surface area contributed by atoms with Crippen LogP contribution in [0.4, 0.5) is 0 Å². The Balaban J connectivity index is 1.44. The zero-order valence-corrected chi connectivity index (χ0v) is 15.5. The summed E-state index contributed by atoms with van der Waals surface area (Å²) < 4.78 is 11.0. The van der Waals surface area contributed by atoms with Crippen molar-refractivity contribution in [2.45, 2.75) is 64.1 Å². The van der Waals surface area contributed by atoms with Gasteiger partial charge in [-0.15, -0.1) is 11.3 Å². The molecule has 1 aromatic heterocycles. The summed E-state index contributed by atoms with van der Waals surface area (Å²) in [5.74, 6) is -0.623. The van der Waals surface area contributed by atoms with Crippen LogP contribution < -0.4 is 10.9 Å². The van der Waals surface area contributed by atoms with Gasteiger partial charge in [0.05, 0.1) is 17.6 Å². The second-order valence-corrected chi connectivity index (χ2v) is 7.81. The van der Waals surface area contributed by atoms with Gasteiger partial charge < -0.3 is 9.47 Å². The van der Waals surface area contributed by atoms with Gasteiger partial charge in [-0.3, -0.25) is 20.4 Å². The third-order valence-electron chi connectivity index (χ3n) is 4.69. The van der Waals surface area contributed by atoms with Gasteiger partial charge in [0.1, 0.15) is 6.10 Å². The first-order chi connectivity index (χ1) is 12.1. The topological polar surface area (TPSA) is 76.7 Å². The minimum absolute atomic E-state index is 0.0753. The van der Waals surface area contributed by atoms with E-state index in [1.807, 2.05) is 6.07 Å². The lowest BCUT2D eigenvalue weighted by Gasteiger charge is -2.16. The van der Waals surface area contributed by atoms with Crippen LogP contribution >= 0.6 is 11.3 Å². The molecule has 0 saturated carbocycles. The van der Waals surface area contributed by atoms with Crippen LogP contribution in [0.3, 0.4) is 0 Å². The molecular formula is C18H26N2O4S. The number of rotatable bonds is 5. The van der Waals surface area contributed by atoms with E-state index in [4.69, 9.17) is 9.47 Å². The average molecular weight is 366 g/mol. The van der Waals surface area contributed by atoms with Crippen molar-refractivity contribution >= 4 is 23.2 Å². The van der Waals surface area contributed by atoms with E-state index in [1.165, 1.54) is 41.0 Å². The van der Waals surface area contributed by atoms with Gasteiger partial charge in [-0.1, -0.05) is 6.42 Å². The molecule has 1 aliphatic carbocycles. The molecule has 2 unspecified atom stereocenters. The molecule has 6 nitrogen and oxygen atoms in total. The molecule has 0 aromatic carbocycles. The number of hydrogen-bond donors (Lipinski definition) is 2. The van der Waals surface area contributed by atoms with Crippen LogP contribution in [0.1, 0.15) is 59.1 Å². The molecule has 1 aromatic rings. The van der Waals surface area contributed by atoms with E-state index in [2.05, 4.69) is 10.9 Å². The molecule has 25 heavy (non-hydrogen) atoms. The maximum atomic E-state index is 12.3. The monoisotopic (exact) mass is 366 g/mol. The zero-order valence-electron chi connectivity index (χ0n) is 14.6.